The molecule has 0 spiro atoms. The lowest BCUT2D eigenvalue weighted by Crippen LogP contribution is -2.19. The summed E-state index contributed by atoms with van der Waals surface area (Å²) in [6, 6.07) is 2.65. The topological polar surface area (TPSA) is 35.2 Å². The van der Waals surface area contributed by atoms with Gasteiger partial charge in [0.05, 0.1) is 12.6 Å². The zero-order valence-electron chi connectivity index (χ0n) is 10.2. The van der Waals surface area contributed by atoms with Gasteiger partial charge in [0.25, 0.3) is 0 Å². The first-order valence-corrected chi connectivity index (χ1v) is 5.79. The van der Waals surface area contributed by atoms with Gasteiger partial charge in [-0.3, -0.25) is 0 Å². The molecule has 1 aromatic carbocycles. The van der Waals surface area contributed by atoms with Crippen molar-refractivity contribution >= 4 is 0 Å². The number of rotatable bonds is 6. The van der Waals surface area contributed by atoms with Crippen LogP contribution in [0.4, 0.5) is 8.78 Å². The van der Waals surface area contributed by atoms with Crippen LogP contribution in [0.3, 0.4) is 0 Å². The molecule has 0 bridgehead atoms. The van der Waals surface area contributed by atoms with Crippen LogP contribution < -0.4 is 5.73 Å². The van der Waals surface area contributed by atoms with Crippen LogP contribution in [0.2, 0.25) is 0 Å². The molecule has 0 saturated carbocycles. The Balaban J connectivity index is 2.46. The predicted octanol–water partition coefficient (Wildman–Crippen LogP) is 3.03. The molecule has 0 aliphatic rings. The maximum atomic E-state index is 13.4. The molecule has 0 radical (unpaired) electrons. The third-order valence-corrected chi connectivity index (χ3v) is 2.49. The van der Waals surface area contributed by atoms with E-state index in [1.165, 1.54) is 0 Å². The van der Waals surface area contributed by atoms with Crippen LogP contribution in [0.1, 0.15) is 31.9 Å². The van der Waals surface area contributed by atoms with E-state index in [0.29, 0.717) is 12.5 Å². The lowest BCUT2D eigenvalue weighted by Gasteiger charge is -2.14. The molecule has 2 nitrogen and oxygen atoms in total. The standard InChI is InChI=1S/C13H19F2NO/c1-9(2)5-6-17-8-13(16)11-7-10(14)3-4-12(11)15/h3-4,7,9,13H,5-6,8,16H2,1-2H3. The summed E-state index contributed by atoms with van der Waals surface area (Å²) < 4.78 is 31.6. The number of ether oxygens (including phenoxy) is 1. The molecule has 0 aromatic heterocycles. The molecule has 1 aromatic rings. The lowest BCUT2D eigenvalue weighted by atomic mass is 10.1. The number of benzene rings is 1. The average molecular weight is 243 g/mol. The maximum absolute atomic E-state index is 13.4. The molecule has 0 heterocycles. The average Bonchev–Trinajstić information content (AvgIpc) is 2.27. The third-order valence-electron chi connectivity index (χ3n) is 2.49. The predicted molar refractivity (Wildman–Crippen MR) is 63.6 cm³/mol. The van der Waals surface area contributed by atoms with Gasteiger partial charge >= 0.3 is 0 Å². The Labute approximate surface area is 101 Å². The van der Waals surface area contributed by atoms with E-state index in [1.807, 2.05) is 0 Å². The molecule has 0 saturated heterocycles. The Bertz CT molecular complexity index is 355. The van der Waals surface area contributed by atoms with Crippen molar-refractivity contribution in [2.24, 2.45) is 11.7 Å². The molecule has 17 heavy (non-hydrogen) atoms. The highest BCUT2D eigenvalue weighted by Crippen LogP contribution is 2.17. The summed E-state index contributed by atoms with van der Waals surface area (Å²) in [5.41, 5.74) is 5.91. The fraction of sp³-hybridized carbons (Fsp3) is 0.538. The summed E-state index contributed by atoms with van der Waals surface area (Å²) in [4.78, 5) is 0. The molecule has 2 N–H and O–H groups in total. The van der Waals surface area contributed by atoms with Crippen molar-refractivity contribution in [3.05, 3.63) is 35.4 Å². The van der Waals surface area contributed by atoms with Gasteiger partial charge in [-0.1, -0.05) is 13.8 Å². The molecule has 1 rings (SSSR count). The van der Waals surface area contributed by atoms with Crippen molar-refractivity contribution in [3.8, 4) is 0 Å². The minimum atomic E-state index is -0.627. The van der Waals surface area contributed by atoms with Crippen LogP contribution in [0, 0.1) is 17.6 Å². The second-order valence-electron chi connectivity index (χ2n) is 4.53. The summed E-state index contributed by atoms with van der Waals surface area (Å²) in [5, 5.41) is 0. The number of nitrogens with two attached hydrogens (primary N) is 1. The number of hydrogen-bond donors (Lipinski definition) is 1. The molecular formula is C13H19F2NO. The second kappa shape index (κ2) is 6.67. The Hall–Kier alpha value is -1.00. The van der Waals surface area contributed by atoms with Crippen LogP contribution >= 0.6 is 0 Å². The fourth-order valence-corrected chi connectivity index (χ4v) is 1.42. The van der Waals surface area contributed by atoms with Crippen molar-refractivity contribution in [2.75, 3.05) is 13.2 Å². The lowest BCUT2D eigenvalue weighted by molar-refractivity contribution is 0.110. The number of halogens is 2. The van der Waals surface area contributed by atoms with E-state index in [1.54, 1.807) is 0 Å². The molecule has 96 valence electrons. The van der Waals surface area contributed by atoms with Gasteiger partial charge in [0, 0.05) is 12.2 Å². The van der Waals surface area contributed by atoms with Gasteiger partial charge in [-0.25, -0.2) is 8.78 Å². The van der Waals surface area contributed by atoms with Crippen molar-refractivity contribution in [2.45, 2.75) is 26.3 Å². The number of hydrogen-bond acceptors (Lipinski definition) is 2. The zero-order chi connectivity index (χ0) is 12.8. The van der Waals surface area contributed by atoms with Gasteiger partial charge in [-0.2, -0.15) is 0 Å². The van der Waals surface area contributed by atoms with E-state index in [2.05, 4.69) is 13.8 Å². The van der Waals surface area contributed by atoms with Crippen LogP contribution in [-0.2, 0) is 4.74 Å². The molecule has 0 fully saturated rings. The maximum Gasteiger partial charge on any atom is 0.128 e. The molecule has 0 amide bonds. The van der Waals surface area contributed by atoms with E-state index in [0.717, 1.165) is 24.6 Å². The molecule has 1 atom stereocenters. The smallest absolute Gasteiger partial charge is 0.128 e. The van der Waals surface area contributed by atoms with E-state index >= 15 is 0 Å². The van der Waals surface area contributed by atoms with Crippen LogP contribution in [0.5, 0.6) is 0 Å². The van der Waals surface area contributed by atoms with E-state index < -0.39 is 17.7 Å². The zero-order valence-corrected chi connectivity index (χ0v) is 10.2. The largest absolute Gasteiger partial charge is 0.379 e. The Morgan fingerprint density at radius 1 is 1.29 bits per heavy atom. The minimum absolute atomic E-state index is 0.162. The first-order valence-electron chi connectivity index (χ1n) is 5.79. The fourth-order valence-electron chi connectivity index (χ4n) is 1.42. The van der Waals surface area contributed by atoms with Crippen molar-refractivity contribution in [1.29, 1.82) is 0 Å². The SMILES string of the molecule is CC(C)CCOCC(N)c1cc(F)ccc1F. The summed E-state index contributed by atoms with van der Waals surface area (Å²) in [6.45, 7) is 4.97. The van der Waals surface area contributed by atoms with Gasteiger partial charge in [0.2, 0.25) is 0 Å². The molecular weight excluding hydrogens is 224 g/mol. The minimum Gasteiger partial charge on any atom is -0.379 e. The van der Waals surface area contributed by atoms with Crippen molar-refractivity contribution in [1.82, 2.24) is 0 Å². The molecule has 4 heteroatoms. The first-order chi connectivity index (χ1) is 8.00. The van der Waals surface area contributed by atoms with E-state index in [-0.39, 0.29) is 12.2 Å². The second-order valence-corrected chi connectivity index (χ2v) is 4.53. The summed E-state index contributed by atoms with van der Waals surface area (Å²) in [7, 11) is 0. The molecule has 1 unspecified atom stereocenters. The monoisotopic (exact) mass is 243 g/mol. The van der Waals surface area contributed by atoms with E-state index in [4.69, 9.17) is 10.5 Å². The van der Waals surface area contributed by atoms with Gasteiger partial charge in [-0.05, 0) is 30.5 Å². The van der Waals surface area contributed by atoms with Crippen LogP contribution in [0.25, 0.3) is 0 Å². The summed E-state index contributed by atoms with van der Waals surface area (Å²) in [6.07, 6.45) is 0.929. The van der Waals surface area contributed by atoms with Crippen molar-refractivity contribution < 1.29 is 13.5 Å². The Kier molecular flexibility index (Phi) is 5.51. The Morgan fingerprint density at radius 2 is 2.00 bits per heavy atom. The van der Waals surface area contributed by atoms with Crippen LogP contribution in [-0.4, -0.2) is 13.2 Å². The van der Waals surface area contributed by atoms with Gasteiger partial charge in [-0.15, -0.1) is 0 Å². The quantitative estimate of drug-likeness (QED) is 0.779. The molecule has 0 aliphatic heterocycles. The highest BCUT2D eigenvalue weighted by molar-refractivity contribution is 5.22. The first kappa shape index (κ1) is 14.1. The van der Waals surface area contributed by atoms with Gasteiger partial charge < -0.3 is 10.5 Å². The van der Waals surface area contributed by atoms with Crippen molar-refractivity contribution in [3.63, 3.8) is 0 Å². The van der Waals surface area contributed by atoms with Crippen LogP contribution in [0.15, 0.2) is 18.2 Å². The Morgan fingerprint density at radius 3 is 2.65 bits per heavy atom. The third kappa shape index (κ3) is 4.79. The van der Waals surface area contributed by atoms with E-state index in [9.17, 15) is 8.78 Å². The summed E-state index contributed by atoms with van der Waals surface area (Å²) in [5.74, 6) is -0.428. The summed E-state index contributed by atoms with van der Waals surface area (Å²) >= 11 is 0. The molecule has 0 aliphatic carbocycles. The van der Waals surface area contributed by atoms with Gasteiger partial charge in [0.15, 0.2) is 0 Å². The van der Waals surface area contributed by atoms with Gasteiger partial charge in [0.1, 0.15) is 11.6 Å². The normalized spacial score (nSPS) is 13.1. The highest BCUT2D eigenvalue weighted by atomic mass is 19.1. The highest BCUT2D eigenvalue weighted by Gasteiger charge is 2.12.